The number of hydrogen-bond acceptors (Lipinski definition) is 2. The number of nitrogens with two attached hydrogens (primary N) is 1. The molecule has 2 N–H and O–H groups in total. The third kappa shape index (κ3) is 5.85. The standard InChI is InChI=1S/C11H17N2O2S/c1-10-4-3-5-11(8-10)9-12-6-7-13-16(2,14)15/h3-5,8,12H,6-7,9H2,1-2H3/q-1/p+1. The van der Waals surface area contributed by atoms with Gasteiger partial charge in [-0.25, -0.2) is 8.42 Å². The fourth-order valence-corrected chi connectivity index (χ4v) is 1.85. The summed E-state index contributed by atoms with van der Waals surface area (Å²) in [6.07, 6.45) is 1.12. The number of rotatable bonds is 6. The number of sulfonamides is 1. The van der Waals surface area contributed by atoms with Gasteiger partial charge in [0.15, 0.2) is 0 Å². The molecule has 0 heterocycles. The number of quaternary nitrogens is 1. The van der Waals surface area contributed by atoms with E-state index in [4.69, 9.17) is 0 Å². The Hall–Kier alpha value is -0.910. The van der Waals surface area contributed by atoms with Crippen LogP contribution in [0.5, 0.6) is 0 Å². The van der Waals surface area contributed by atoms with Gasteiger partial charge in [-0.05, 0) is 6.92 Å². The minimum absolute atomic E-state index is 0.352. The highest BCUT2D eigenvalue weighted by Gasteiger charge is 1.94. The molecule has 0 spiro atoms. The normalized spacial score (nSPS) is 11.6. The minimum Gasteiger partial charge on any atom is -0.545 e. The fourth-order valence-electron chi connectivity index (χ4n) is 1.42. The van der Waals surface area contributed by atoms with Crippen LogP contribution in [-0.2, 0) is 16.6 Å². The Bertz CT molecular complexity index is 429. The molecule has 0 aromatic heterocycles. The van der Waals surface area contributed by atoms with E-state index >= 15 is 0 Å². The number of hydrogen-bond donors (Lipinski definition) is 1. The highest BCUT2D eigenvalue weighted by Crippen LogP contribution is 2.01. The van der Waals surface area contributed by atoms with Crippen molar-refractivity contribution < 1.29 is 13.7 Å². The molecule has 4 nitrogen and oxygen atoms in total. The van der Waals surface area contributed by atoms with Crippen molar-refractivity contribution in [1.82, 2.24) is 0 Å². The first-order valence-electron chi connectivity index (χ1n) is 5.23. The largest absolute Gasteiger partial charge is 0.545 e. The molecule has 0 amide bonds. The third-order valence-electron chi connectivity index (χ3n) is 2.12. The molecular weight excluding hydrogens is 224 g/mol. The first kappa shape index (κ1) is 13.2. The summed E-state index contributed by atoms with van der Waals surface area (Å²) >= 11 is 0. The molecule has 0 aliphatic heterocycles. The van der Waals surface area contributed by atoms with Crippen LogP contribution in [0.3, 0.4) is 0 Å². The highest BCUT2D eigenvalue weighted by atomic mass is 32.2. The van der Waals surface area contributed by atoms with Crippen molar-refractivity contribution in [3.8, 4) is 0 Å². The van der Waals surface area contributed by atoms with Crippen LogP contribution in [0.25, 0.3) is 4.72 Å². The van der Waals surface area contributed by atoms with E-state index in [1.54, 1.807) is 0 Å². The summed E-state index contributed by atoms with van der Waals surface area (Å²) in [5.41, 5.74) is 2.49. The zero-order valence-corrected chi connectivity index (χ0v) is 10.5. The number of nitrogens with zero attached hydrogens (tertiary/aromatic N) is 1. The molecule has 1 aromatic rings. The molecule has 0 atom stereocenters. The van der Waals surface area contributed by atoms with Gasteiger partial charge in [-0.3, -0.25) is 0 Å². The average Bonchev–Trinajstić information content (AvgIpc) is 2.15. The number of aryl methyl sites for hydroxylation is 1. The van der Waals surface area contributed by atoms with E-state index in [1.807, 2.05) is 6.07 Å². The molecule has 0 aliphatic rings. The Kier molecular flexibility index (Phi) is 4.92. The predicted molar refractivity (Wildman–Crippen MR) is 64.7 cm³/mol. The Balaban J connectivity index is 2.21. The van der Waals surface area contributed by atoms with Crippen LogP contribution < -0.4 is 5.32 Å². The molecule has 90 valence electrons. The van der Waals surface area contributed by atoms with Gasteiger partial charge in [-0.1, -0.05) is 36.4 Å². The van der Waals surface area contributed by atoms with Crippen LogP contribution >= 0.6 is 0 Å². The van der Waals surface area contributed by atoms with Crippen LogP contribution in [0, 0.1) is 6.92 Å². The summed E-state index contributed by atoms with van der Waals surface area (Å²) < 4.78 is 25.0. The van der Waals surface area contributed by atoms with Gasteiger partial charge in [0.2, 0.25) is 0 Å². The number of benzene rings is 1. The van der Waals surface area contributed by atoms with E-state index in [0.29, 0.717) is 13.1 Å². The second kappa shape index (κ2) is 5.98. The van der Waals surface area contributed by atoms with Crippen molar-refractivity contribution in [3.05, 3.63) is 40.1 Å². The Morgan fingerprint density at radius 3 is 2.75 bits per heavy atom. The lowest BCUT2D eigenvalue weighted by molar-refractivity contribution is -0.667. The molecule has 0 saturated heterocycles. The maximum Gasteiger partial charge on any atom is 0.101 e. The summed E-state index contributed by atoms with van der Waals surface area (Å²) in [7, 11) is -3.17. The van der Waals surface area contributed by atoms with E-state index in [1.165, 1.54) is 11.1 Å². The summed E-state index contributed by atoms with van der Waals surface area (Å²) in [4.78, 5) is 0. The second-order valence-corrected chi connectivity index (χ2v) is 5.58. The Morgan fingerprint density at radius 2 is 2.12 bits per heavy atom. The zero-order valence-electron chi connectivity index (χ0n) is 9.68. The van der Waals surface area contributed by atoms with Gasteiger partial charge in [0.1, 0.15) is 6.54 Å². The van der Waals surface area contributed by atoms with Gasteiger partial charge >= 0.3 is 0 Å². The van der Waals surface area contributed by atoms with Crippen LogP contribution in [0.1, 0.15) is 11.1 Å². The second-order valence-electron chi connectivity index (χ2n) is 3.86. The van der Waals surface area contributed by atoms with Crippen molar-refractivity contribution in [2.24, 2.45) is 0 Å². The first-order valence-corrected chi connectivity index (χ1v) is 7.08. The van der Waals surface area contributed by atoms with E-state index in [9.17, 15) is 8.42 Å². The third-order valence-corrected chi connectivity index (χ3v) is 2.77. The van der Waals surface area contributed by atoms with Crippen LogP contribution in [0.2, 0.25) is 0 Å². The average molecular weight is 242 g/mol. The maximum absolute atomic E-state index is 10.7. The lowest BCUT2D eigenvalue weighted by Gasteiger charge is -2.14. The van der Waals surface area contributed by atoms with Crippen molar-refractivity contribution in [2.45, 2.75) is 13.5 Å². The van der Waals surface area contributed by atoms with Crippen molar-refractivity contribution in [3.63, 3.8) is 0 Å². The molecule has 1 rings (SSSR count). The molecule has 0 bridgehead atoms. The molecule has 0 unspecified atom stereocenters. The summed E-state index contributed by atoms with van der Waals surface area (Å²) in [6, 6.07) is 8.28. The predicted octanol–water partition coefficient (Wildman–Crippen LogP) is 0.392. The van der Waals surface area contributed by atoms with Gasteiger partial charge in [0, 0.05) is 11.8 Å². The monoisotopic (exact) mass is 242 g/mol. The minimum atomic E-state index is -3.17. The lowest BCUT2D eigenvalue weighted by Crippen LogP contribution is -2.83. The molecule has 0 radical (unpaired) electrons. The van der Waals surface area contributed by atoms with E-state index in [0.717, 1.165) is 12.8 Å². The van der Waals surface area contributed by atoms with Crippen molar-refractivity contribution >= 4 is 10.0 Å². The first-order chi connectivity index (χ1) is 7.47. The molecule has 16 heavy (non-hydrogen) atoms. The van der Waals surface area contributed by atoms with Gasteiger partial charge in [0.05, 0.1) is 16.6 Å². The molecule has 5 heteroatoms. The quantitative estimate of drug-likeness (QED) is 0.733. The Morgan fingerprint density at radius 1 is 1.38 bits per heavy atom. The van der Waals surface area contributed by atoms with E-state index in [2.05, 4.69) is 35.2 Å². The van der Waals surface area contributed by atoms with Crippen LogP contribution in [-0.4, -0.2) is 27.8 Å². The molecule has 1 aromatic carbocycles. The van der Waals surface area contributed by atoms with Crippen LogP contribution in [0.15, 0.2) is 24.3 Å². The molecular formula is C11H18N2O2S. The van der Waals surface area contributed by atoms with Gasteiger partial charge in [0.25, 0.3) is 0 Å². The van der Waals surface area contributed by atoms with Gasteiger partial charge in [-0.2, -0.15) is 0 Å². The smallest absolute Gasteiger partial charge is 0.101 e. The molecule has 0 saturated carbocycles. The highest BCUT2D eigenvalue weighted by molar-refractivity contribution is 7.93. The zero-order chi connectivity index (χ0) is 12.0. The lowest BCUT2D eigenvalue weighted by atomic mass is 10.1. The molecule has 0 fully saturated rings. The SMILES string of the molecule is Cc1cccc(C[NH2+]CC[N-]S(C)(=O)=O)c1. The summed E-state index contributed by atoms with van der Waals surface area (Å²) in [5.74, 6) is 0. The topological polar surface area (TPSA) is 64.8 Å². The van der Waals surface area contributed by atoms with Gasteiger partial charge in [-0.15, -0.1) is 0 Å². The summed E-state index contributed by atoms with van der Waals surface area (Å²) in [6.45, 7) is 3.97. The van der Waals surface area contributed by atoms with Crippen molar-refractivity contribution in [2.75, 3.05) is 19.3 Å². The van der Waals surface area contributed by atoms with Gasteiger partial charge < -0.3 is 10.0 Å². The maximum atomic E-state index is 10.7. The summed E-state index contributed by atoms with van der Waals surface area (Å²) in [5, 5.41) is 2.06. The fraction of sp³-hybridized carbons (Fsp3) is 0.455. The Labute approximate surface area is 97.1 Å². The molecule has 0 aliphatic carbocycles. The van der Waals surface area contributed by atoms with E-state index in [-0.39, 0.29) is 0 Å². The van der Waals surface area contributed by atoms with Crippen LogP contribution in [0.4, 0.5) is 0 Å². The van der Waals surface area contributed by atoms with Crippen molar-refractivity contribution in [1.29, 1.82) is 0 Å². The van der Waals surface area contributed by atoms with E-state index < -0.39 is 10.0 Å².